The number of nitrogens with one attached hydrogen (secondary N) is 2. The van der Waals surface area contributed by atoms with E-state index < -0.39 is 23.1 Å². The van der Waals surface area contributed by atoms with Gasteiger partial charge in [-0.15, -0.1) is 0 Å². The number of nitrogens with zero attached hydrogens (tertiary/aromatic N) is 4. The van der Waals surface area contributed by atoms with E-state index in [2.05, 4.69) is 30.3 Å². The van der Waals surface area contributed by atoms with Crippen LogP contribution in [0.3, 0.4) is 0 Å². The molecule has 0 spiro atoms. The molecular weight excluding hydrogens is 436 g/mol. The number of amides is 1. The Hall–Kier alpha value is -3.77. The number of hydrogen-bond acceptors (Lipinski definition) is 8. The van der Waals surface area contributed by atoms with Gasteiger partial charge in [0.2, 0.25) is 11.8 Å². The number of aliphatic imine (C=N–C) groups is 2. The summed E-state index contributed by atoms with van der Waals surface area (Å²) >= 11 is 0. The van der Waals surface area contributed by atoms with E-state index in [-0.39, 0.29) is 59.9 Å². The Morgan fingerprint density at radius 2 is 2.06 bits per heavy atom. The third-order valence-corrected chi connectivity index (χ3v) is 4.70. The predicted octanol–water partition coefficient (Wildman–Crippen LogP) is 1.60. The molecule has 2 heterocycles. The zero-order valence-corrected chi connectivity index (χ0v) is 17.7. The van der Waals surface area contributed by atoms with Crippen LogP contribution >= 0.6 is 0 Å². The molecule has 0 saturated heterocycles. The van der Waals surface area contributed by atoms with Crippen molar-refractivity contribution in [1.29, 1.82) is 0 Å². The molecule has 0 aliphatic heterocycles. The van der Waals surface area contributed by atoms with Gasteiger partial charge in [-0.25, -0.2) is 23.7 Å². The van der Waals surface area contributed by atoms with Crippen molar-refractivity contribution in [3.63, 3.8) is 0 Å². The van der Waals surface area contributed by atoms with Crippen molar-refractivity contribution in [2.45, 2.75) is 19.4 Å². The fourth-order valence-electron chi connectivity index (χ4n) is 2.96. The Morgan fingerprint density at radius 1 is 1.33 bits per heavy atom. The SMILES string of the molecule is CCC(CO)NC(=O)CN=CC(CN)=Nc1nc(-c2c(F)cccc2F)nc2c[nH]c(O)c12. The maximum atomic E-state index is 14.3. The fourth-order valence-corrected chi connectivity index (χ4v) is 2.96. The number of hydrogen-bond donors (Lipinski definition) is 5. The summed E-state index contributed by atoms with van der Waals surface area (Å²) in [5.41, 5.74) is 5.66. The van der Waals surface area contributed by atoms with Crippen LogP contribution in [0, 0.1) is 11.6 Å². The van der Waals surface area contributed by atoms with Crippen LogP contribution in [0.4, 0.5) is 14.6 Å². The summed E-state index contributed by atoms with van der Waals surface area (Å²) in [6.45, 7) is 1.31. The number of aromatic nitrogens is 3. The lowest BCUT2D eigenvalue weighted by atomic mass is 10.1. The molecule has 0 saturated carbocycles. The number of aliphatic hydroxyl groups excluding tert-OH is 1. The summed E-state index contributed by atoms with van der Waals surface area (Å²) in [6, 6.07) is 3.01. The van der Waals surface area contributed by atoms with Crippen molar-refractivity contribution in [3.05, 3.63) is 36.0 Å². The zero-order valence-electron chi connectivity index (χ0n) is 17.7. The minimum Gasteiger partial charge on any atom is -0.494 e. The number of carbonyl (C=O) groups is 1. The van der Waals surface area contributed by atoms with Crippen molar-refractivity contribution < 1.29 is 23.8 Å². The minimum absolute atomic E-state index is 0.0842. The standard InChI is InChI=1S/C21H23F2N7O3/c1-2-11(10-31)27-16(32)9-25-7-12(6-24)28-20-18-15(8-26-21(18)33)29-19(30-20)17-13(22)4-3-5-14(17)23/h3-5,7-8,11,26,31,33H,2,6,9-10,24H2,1H3,(H,27,32). The topological polar surface area (TPSA) is 162 Å². The van der Waals surface area contributed by atoms with Crippen molar-refractivity contribution in [1.82, 2.24) is 20.3 Å². The molecule has 0 aliphatic carbocycles. The smallest absolute Gasteiger partial charge is 0.241 e. The van der Waals surface area contributed by atoms with E-state index in [1.807, 2.05) is 6.92 Å². The van der Waals surface area contributed by atoms with Gasteiger partial charge in [-0.3, -0.25) is 9.79 Å². The van der Waals surface area contributed by atoms with Gasteiger partial charge in [0.25, 0.3) is 0 Å². The van der Waals surface area contributed by atoms with E-state index in [1.54, 1.807) is 0 Å². The van der Waals surface area contributed by atoms with E-state index in [0.717, 1.165) is 12.1 Å². The van der Waals surface area contributed by atoms with Gasteiger partial charge >= 0.3 is 0 Å². The maximum Gasteiger partial charge on any atom is 0.241 e. The molecule has 1 atom stereocenters. The van der Waals surface area contributed by atoms with Crippen LogP contribution in [0.2, 0.25) is 0 Å². The summed E-state index contributed by atoms with van der Waals surface area (Å²) in [7, 11) is 0. The third-order valence-electron chi connectivity index (χ3n) is 4.70. The summed E-state index contributed by atoms with van der Waals surface area (Å²) in [5.74, 6) is -2.75. The number of aromatic hydroxyl groups is 1. The lowest BCUT2D eigenvalue weighted by molar-refractivity contribution is -0.120. The molecule has 1 aromatic carbocycles. The largest absolute Gasteiger partial charge is 0.494 e. The van der Waals surface area contributed by atoms with Gasteiger partial charge < -0.3 is 26.2 Å². The van der Waals surface area contributed by atoms with Crippen LogP contribution in [0.1, 0.15) is 13.3 Å². The molecule has 10 nitrogen and oxygen atoms in total. The molecule has 3 rings (SSSR count). The van der Waals surface area contributed by atoms with E-state index in [4.69, 9.17) is 10.8 Å². The Labute approximate surface area is 187 Å². The van der Waals surface area contributed by atoms with Gasteiger partial charge in [-0.1, -0.05) is 13.0 Å². The van der Waals surface area contributed by atoms with Gasteiger partial charge in [-0.2, -0.15) is 0 Å². The second-order valence-corrected chi connectivity index (χ2v) is 7.00. The van der Waals surface area contributed by atoms with Gasteiger partial charge in [-0.05, 0) is 18.6 Å². The second-order valence-electron chi connectivity index (χ2n) is 7.00. The Morgan fingerprint density at radius 3 is 2.70 bits per heavy atom. The fraction of sp³-hybridized carbons (Fsp3) is 0.286. The number of benzene rings is 1. The van der Waals surface area contributed by atoms with Crippen LogP contribution in [0.5, 0.6) is 5.88 Å². The summed E-state index contributed by atoms with van der Waals surface area (Å²) in [5, 5.41) is 22.0. The van der Waals surface area contributed by atoms with Gasteiger partial charge in [0.15, 0.2) is 11.6 Å². The van der Waals surface area contributed by atoms with E-state index in [9.17, 15) is 18.7 Å². The highest BCUT2D eigenvalue weighted by molar-refractivity contribution is 6.32. The molecule has 2 aromatic heterocycles. The first-order valence-electron chi connectivity index (χ1n) is 10.1. The number of fused-ring (bicyclic) bond motifs is 1. The first kappa shape index (κ1) is 23.9. The maximum absolute atomic E-state index is 14.3. The van der Waals surface area contributed by atoms with Gasteiger partial charge in [0.1, 0.15) is 23.6 Å². The molecule has 0 bridgehead atoms. The average Bonchev–Trinajstić information content (AvgIpc) is 3.17. The molecular formula is C21H23F2N7O3. The lowest BCUT2D eigenvalue weighted by Crippen LogP contribution is -2.38. The van der Waals surface area contributed by atoms with Crippen molar-refractivity contribution in [2.75, 3.05) is 19.7 Å². The summed E-state index contributed by atoms with van der Waals surface area (Å²) < 4.78 is 28.6. The highest BCUT2D eigenvalue weighted by atomic mass is 19.1. The second kappa shape index (κ2) is 10.7. The Balaban J connectivity index is 1.96. The van der Waals surface area contributed by atoms with Crippen molar-refractivity contribution in [3.8, 4) is 17.3 Å². The average molecular weight is 459 g/mol. The molecule has 174 valence electrons. The molecule has 6 N–H and O–H groups in total. The molecule has 12 heteroatoms. The van der Waals surface area contributed by atoms with Crippen molar-refractivity contribution in [2.24, 2.45) is 15.7 Å². The highest BCUT2D eigenvalue weighted by Crippen LogP contribution is 2.34. The Kier molecular flexibility index (Phi) is 7.74. The molecule has 0 aliphatic rings. The predicted molar refractivity (Wildman–Crippen MR) is 120 cm³/mol. The molecule has 1 amide bonds. The van der Waals surface area contributed by atoms with E-state index in [0.29, 0.717) is 6.42 Å². The minimum atomic E-state index is -0.857. The lowest BCUT2D eigenvalue weighted by Gasteiger charge is -2.12. The van der Waals surface area contributed by atoms with Gasteiger partial charge in [0.05, 0.1) is 29.4 Å². The molecule has 3 aromatic rings. The normalized spacial score (nSPS) is 13.1. The molecule has 0 radical (unpaired) electrons. The third kappa shape index (κ3) is 5.54. The number of aliphatic hydroxyl groups is 1. The van der Waals surface area contributed by atoms with Crippen LogP contribution in [0.15, 0.2) is 34.4 Å². The first-order chi connectivity index (χ1) is 15.9. The van der Waals surface area contributed by atoms with E-state index in [1.165, 1.54) is 18.5 Å². The molecule has 0 fully saturated rings. The zero-order chi connectivity index (χ0) is 24.0. The van der Waals surface area contributed by atoms with Crippen molar-refractivity contribution >= 4 is 34.6 Å². The number of rotatable bonds is 9. The number of halogens is 2. The molecule has 33 heavy (non-hydrogen) atoms. The van der Waals surface area contributed by atoms with Crippen LogP contribution in [0.25, 0.3) is 22.3 Å². The first-order valence-corrected chi connectivity index (χ1v) is 10.1. The van der Waals surface area contributed by atoms with Crippen LogP contribution in [-0.4, -0.2) is 68.7 Å². The highest BCUT2D eigenvalue weighted by Gasteiger charge is 2.19. The van der Waals surface area contributed by atoms with Crippen LogP contribution in [-0.2, 0) is 4.79 Å². The van der Waals surface area contributed by atoms with E-state index >= 15 is 0 Å². The number of nitrogens with two attached hydrogens (primary N) is 1. The summed E-state index contributed by atoms with van der Waals surface area (Å²) in [6.07, 6.45) is 3.18. The quantitative estimate of drug-likeness (QED) is 0.305. The molecule has 1 unspecified atom stereocenters. The number of H-pyrrole nitrogens is 1. The summed E-state index contributed by atoms with van der Waals surface area (Å²) in [4.78, 5) is 31.0. The number of carbonyl (C=O) groups excluding carboxylic acids is 1. The van der Waals surface area contributed by atoms with Gasteiger partial charge in [0, 0.05) is 19.0 Å². The van der Waals surface area contributed by atoms with Crippen LogP contribution < -0.4 is 11.1 Å². The monoisotopic (exact) mass is 459 g/mol. The Bertz CT molecular complexity index is 1190. The number of aromatic amines is 1.